The van der Waals surface area contributed by atoms with Crippen molar-refractivity contribution in [2.24, 2.45) is 0 Å². The number of pyridine rings is 1. The zero-order chi connectivity index (χ0) is 15.5. The third-order valence-corrected chi connectivity index (χ3v) is 3.06. The van der Waals surface area contributed by atoms with Crippen LogP contribution in [-0.4, -0.2) is 25.1 Å². The van der Waals surface area contributed by atoms with E-state index in [9.17, 15) is 4.79 Å². The molecule has 0 aliphatic heterocycles. The van der Waals surface area contributed by atoms with E-state index >= 15 is 0 Å². The summed E-state index contributed by atoms with van der Waals surface area (Å²) in [6.07, 6.45) is 8.91. The molecule has 0 aliphatic carbocycles. The molecule has 0 atom stereocenters. The molecule has 22 heavy (non-hydrogen) atoms. The second kappa shape index (κ2) is 5.85. The van der Waals surface area contributed by atoms with Crippen molar-refractivity contribution >= 4 is 17.2 Å². The van der Waals surface area contributed by atoms with E-state index in [-0.39, 0.29) is 5.91 Å². The third kappa shape index (κ3) is 3.22. The standard InChI is InChI=1S/C16H17N5O/c1-12(2)7-16(22)19-13-8-17-21(10-13)11-14-9-20-6-4-3-5-15(20)18-14/h3-10H,11H2,1-2H3,(H,19,22). The van der Waals surface area contributed by atoms with Gasteiger partial charge in [0.15, 0.2) is 0 Å². The fraction of sp³-hybridized carbons (Fsp3) is 0.188. The first kappa shape index (κ1) is 14.1. The molecule has 6 heteroatoms. The van der Waals surface area contributed by atoms with E-state index in [1.54, 1.807) is 23.2 Å². The monoisotopic (exact) mass is 295 g/mol. The molecular weight excluding hydrogens is 278 g/mol. The van der Waals surface area contributed by atoms with Gasteiger partial charge in [0.1, 0.15) is 5.65 Å². The van der Waals surface area contributed by atoms with Crippen molar-refractivity contribution in [3.63, 3.8) is 0 Å². The van der Waals surface area contributed by atoms with Crippen LogP contribution >= 0.6 is 0 Å². The van der Waals surface area contributed by atoms with Gasteiger partial charge in [-0.2, -0.15) is 5.10 Å². The van der Waals surface area contributed by atoms with E-state index in [1.807, 2.05) is 48.8 Å². The Morgan fingerprint density at radius 1 is 1.32 bits per heavy atom. The van der Waals surface area contributed by atoms with Crippen LogP contribution in [0.4, 0.5) is 5.69 Å². The van der Waals surface area contributed by atoms with E-state index in [0.29, 0.717) is 12.2 Å². The Hall–Kier alpha value is -2.89. The first-order valence-electron chi connectivity index (χ1n) is 7.01. The fourth-order valence-electron chi connectivity index (χ4n) is 2.18. The summed E-state index contributed by atoms with van der Waals surface area (Å²) in [5.41, 5.74) is 3.44. The second-order valence-corrected chi connectivity index (χ2v) is 5.34. The molecule has 0 saturated carbocycles. The summed E-state index contributed by atoms with van der Waals surface area (Å²) in [5, 5.41) is 7.03. The van der Waals surface area contributed by atoms with Gasteiger partial charge in [0.25, 0.3) is 0 Å². The summed E-state index contributed by atoms with van der Waals surface area (Å²) >= 11 is 0. The molecule has 0 bridgehead atoms. The number of amides is 1. The summed E-state index contributed by atoms with van der Waals surface area (Å²) in [5.74, 6) is -0.146. The first-order chi connectivity index (χ1) is 10.6. The van der Waals surface area contributed by atoms with Crippen molar-refractivity contribution in [3.05, 3.63) is 60.3 Å². The molecule has 1 N–H and O–H groups in total. The summed E-state index contributed by atoms with van der Waals surface area (Å²) < 4.78 is 3.72. The molecule has 1 amide bonds. The van der Waals surface area contributed by atoms with Crippen molar-refractivity contribution < 1.29 is 4.79 Å². The number of fused-ring (bicyclic) bond motifs is 1. The highest BCUT2D eigenvalue weighted by atomic mass is 16.1. The molecule has 3 aromatic heterocycles. The Balaban J connectivity index is 1.71. The maximum absolute atomic E-state index is 11.7. The lowest BCUT2D eigenvalue weighted by Gasteiger charge is -1.98. The SMILES string of the molecule is CC(C)=CC(=O)Nc1cnn(Cc2cn3ccccc3n2)c1. The molecule has 3 aromatic rings. The highest BCUT2D eigenvalue weighted by Crippen LogP contribution is 2.09. The lowest BCUT2D eigenvalue weighted by atomic mass is 10.3. The molecular formula is C16H17N5O. The number of hydrogen-bond donors (Lipinski definition) is 1. The number of aromatic nitrogens is 4. The van der Waals surface area contributed by atoms with Gasteiger partial charge in [0, 0.05) is 24.7 Å². The zero-order valence-corrected chi connectivity index (χ0v) is 12.5. The molecule has 6 nitrogen and oxygen atoms in total. The van der Waals surface area contributed by atoms with Crippen LogP contribution in [0.3, 0.4) is 0 Å². The minimum absolute atomic E-state index is 0.146. The van der Waals surface area contributed by atoms with Gasteiger partial charge in [-0.3, -0.25) is 9.48 Å². The Kier molecular flexibility index (Phi) is 3.74. The number of allylic oxidation sites excluding steroid dienone is 1. The fourth-order valence-corrected chi connectivity index (χ4v) is 2.18. The number of anilines is 1. The number of rotatable bonds is 4. The topological polar surface area (TPSA) is 64.2 Å². The molecule has 0 radical (unpaired) electrons. The van der Waals surface area contributed by atoms with E-state index in [1.165, 1.54) is 0 Å². The Morgan fingerprint density at radius 2 is 2.18 bits per heavy atom. The van der Waals surface area contributed by atoms with Crippen LogP contribution in [0.15, 0.2) is 54.6 Å². The van der Waals surface area contributed by atoms with Crippen molar-refractivity contribution in [1.82, 2.24) is 19.2 Å². The van der Waals surface area contributed by atoms with Gasteiger partial charge in [-0.05, 0) is 26.0 Å². The van der Waals surface area contributed by atoms with Gasteiger partial charge in [-0.25, -0.2) is 4.98 Å². The highest BCUT2D eigenvalue weighted by Gasteiger charge is 2.05. The van der Waals surface area contributed by atoms with Crippen LogP contribution in [0.5, 0.6) is 0 Å². The normalized spacial score (nSPS) is 10.6. The third-order valence-electron chi connectivity index (χ3n) is 3.06. The highest BCUT2D eigenvalue weighted by molar-refractivity contribution is 5.99. The predicted molar refractivity (Wildman–Crippen MR) is 84.6 cm³/mol. The minimum Gasteiger partial charge on any atom is -0.320 e. The van der Waals surface area contributed by atoms with Crippen molar-refractivity contribution in [1.29, 1.82) is 0 Å². The van der Waals surface area contributed by atoms with E-state index in [4.69, 9.17) is 0 Å². The molecule has 112 valence electrons. The number of imidazole rings is 1. The molecule has 3 rings (SSSR count). The Labute approximate surface area is 128 Å². The number of nitrogens with zero attached hydrogens (tertiary/aromatic N) is 4. The molecule has 0 spiro atoms. The van der Waals surface area contributed by atoms with Crippen LogP contribution in [0, 0.1) is 0 Å². The van der Waals surface area contributed by atoms with Crippen LogP contribution in [0.2, 0.25) is 0 Å². The van der Waals surface area contributed by atoms with E-state index in [2.05, 4.69) is 15.4 Å². The maximum atomic E-state index is 11.7. The number of carbonyl (C=O) groups excluding carboxylic acids is 1. The smallest absolute Gasteiger partial charge is 0.248 e. The summed E-state index contributed by atoms with van der Waals surface area (Å²) in [6, 6.07) is 5.87. The Bertz CT molecular complexity index is 806. The average molecular weight is 295 g/mol. The first-order valence-corrected chi connectivity index (χ1v) is 7.01. The number of carbonyl (C=O) groups is 1. The van der Waals surface area contributed by atoms with E-state index < -0.39 is 0 Å². The van der Waals surface area contributed by atoms with Crippen molar-refractivity contribution in [2.45, 2.75) is 20.4 Å². The number of nitrogens with one attached hydrogen (secondary N) is 1. The van der Waals surface area contributed by atoms with E-state index in [0.717, 1.165) is 16.9 Å². The Morgan fingerprint density at radius 3 is 2.95 bits per heavy atom. The van der Waals surface area contributed by atoms with Crippen molar-refractivity contribution in [2.75, 3.05) is 5.32 Å². The predicted octanol–water partition coefficient (Wildman–Crippen LogP) is 2.48. The quantitative estimate of drug-likeness (QED) is 0.752. The molecule has 0 aliphatic rings. The summed E-state index contributed by atoms with van der Waals surface area (Å²) in [7, 11) is 0. The largest absolute Gasteiger partial charge is 0.320 e. The minimum atomic E-state index is -0.146. The zero-order valence-electron chi connectivity index (χ0n) is 12.5. The van der Waals surface area contributed by atoms with Crippen LogP contribution < -0.4 is 5.32 Å². The van der Waals surface area contributed by atoms with Crippen LogP contribution in [0.25, 0.3) is 5.65 Å². The number of hydrogen-bond acceptors (Lipinski definition) is 3. The van der Waals surface area contributed by atoms with Crippen LogP contribution in [-0.2, 0) is 11.3 Å². The molecule has 3 heterocycles. The van der Waals surface area contributed by atoms with Crippen molar-refractivity contribution in [3.8, 4) is 0 Å². The molecule has 0 saturated heterocycles. The van der Waals surface area contributed by atoms with Crippen LogP contribution in [0.1, 0.15) is 19.5 Å². The van der Waals surface area contributed by atoms with Gasteiger partial charge in [0.05, 0.1) is 24.1 Å². The lowest BCUT2D eigenvalue weighted by Crippen LogP contribution is -2.07. The lowest BCUT2D eigenvalue weighted by molar-refractivity contribution is -0.111. The molecule has 0 unspecified atom stereocenters. The van der Waals surface area contributed by atoms with Gasteiger partial charge in [-0.1, -0.05) is 11.6 Å². The molecule has 0 fully saturated rings. The van der Waals surface area contributed by atoms with Gasteiger partial charge in [0.2, 0.25) is 5.91 Å². The average Bonchev–Trinajstić information content (AvgIpc) is 3.04. The summed E-state index contributed by atoms with van der Waals surface area (Å²) in [6.45, 7) is 4.32. The second-order valence-electron chi connectivity index (χ2n) is 5.34. The maximum Gasteiger partial charge on any atom is 0.248 e. The van der Waals surface area contributed by atoms with Gasteiger partial charge < -0.3 is 9.72 Å². The molecule has 0 aromatic carbocycles. The van der Waals surface area contributed by atoms with Gasteiger partial charge in [-0.15, -0.1) is 0 Å². The summed E-state index contributed by atoms with van der Waals surface area (Å²) in [4.78, 5) is 16.2. The van der Waals surface area contributed by atoms with Gasteiger partial charge >= 0.3 is 0 Å².